The van der Waals surface area contributed by atoms with E-state index in [-0.39, 0.29) is 0 Å². The van der Waals surface area contributed by atoms with Crippen LogP contribution in [0.5, 0.6) is 0 Å². The lowest BCUT2D eigenvalue weighted by Crippen LogP contribution is -1.81. The predicted octanol–water partition coefficient (Wildman–Crippen LogP) is 2.25. The van der Waals surface area contributed by atoms with Crippen LogP contribution >= 0.6 is 11.8 Å². The van der Waals surface area contributed by atoms with Crippen molar-refractivity contribution in [1.82, 2.24) is 0 Å². The van der Waals surface area contributed by atoms with Gasteiger partial charge in [0, 0.05) is 0 Å². The Kier molecular flexibility index (Phi) is 3.79. The van der Waals surface area contributed by atoms with E-state index >= 15 is 0 Å². The lowest BCUT2D eigenvalue weighted by atomic mass is 10.4. The summed E-state index contributed by atoms with van der Waals surface area (Å²) in [5, 5.41) is 1.02. The molecule has 0 unspecified atom stereocenters. The molecule has 0 aliphatic rings. The fourth-order valence-electron chi connectivity index (χ4n) is 0.492. The van der Waals surface area contributed by atoms with Crippen LogP contribution in [0.3, 0.4) is 0 Å². The molecular weight excluding hydrogens is 120 g/mol. The Morgan fingerprint density at radius 3 is 1.88 bits per heavy atom. The molecule has 48 valence electrons. The minimum absolute atomic E-state index is 1.02. The van der Waals surface area contributed by atoms with Crippen molar-refractivity contribution in [2.45, 2.75) is 13.8 Å². The summed E-state index contributed by atoms with van der Waals surface area (Å²) in [6.45, 7) is 4.07. The highest BCUT2D eigenvalue weighted by Gasteiger charge is 1.91. The van der Waals surface area contributed by atoms with Crippen LogP contribution in [0.25, 0.3) is 0 Å². The zero-order chi connectivity index (χ0) is 6.57. The SMILES string of the molecule is COC(SC)=C(C)C. The topological polar surface area (TPSA) is 9.23 Å². The van der Waals surface area contributed by atoms with Crippen molar-refractivity contribution >= 4 is 11.8 Å². The summed E-state index contributed by atoms with van der Waals surface area (Å²) in [4.78, 5) is 0. The van der Waals surface area contributed by atoms with E-state index in [4.69, 9.17) is 4.74 Å². The van der Waals surface area contributed by atoms with Gasteiger partial charge in [0.1, 0.15) is 0 Å². The maximum Gasteiger partial charge on any atom is 0.151 e. The molecule has 0 bridgehead atoms. The van der Waals surface area contributed by atoms with E-state index in [1.165, 1.54) is 5.57 Å². The second kappa shape index (κ2) is 3.84. The molecular formula is C6H12OS. The molecule has 0 aromatic carbocycles. The maximum atomic E-state index is 5.00. The molecule has 0 atom stereocenters. The van der Waals surface area contributed by atoms with E-state index in [1.54, 1.807) is 18.9 Å². The van der Waals surface area contributed by atoms with E-state index in [0.29, 0.717) is 0 Å². The third-order valence-corrected chi connectivity index (χ3v) is 1.72. The van der Waals surface area contributed by atoms with Crippen LogP contribution in [0.1, 0.15) is 13.8 Å². The van der Waals surface area contributed by atoms with Crippen molar-refractivity contribution in [3.8, 4) is 0 Å². The first-order valence-corrected chi connectivity index (χ1v) is 3.70. The number of ether oxygens (including phenoxy) is 1. The van der Waals surface area contributed by atoms with Crippen LogP contribution in [0.15, 0.2) is 10.7 Å². The van der Waals surface area contributed by atoms with E-state index < -0.39 is 0 Å². The molecule has 0 spiro atoms. The predicted molar refractivity (Wildman–Crippen MR) is 38.9 cm³/mol. The van der Waals surface area contributed by atoms with Gasteiger partial charge >= 0.3 is 0 Å². The highest BCUT2D eigenvalue weighted by Crippen LogP contribution is 2.15. The first kappa shape index (κ1) is 7.89. The van der Waals surface area contributed by atoms with Crippen molar-refractivity contribution in [2.24, 2.45) is 0 Å². The van der Waals surface area contributed by atoms with E-state index in [1.807, 2.05) is 20.1 Å². The van der Waals surface area contributed by atoms with Gasteiger partial charge in [-0.3, -0.25) is 0 Å². The number of rotatable bonds is 2. The second-order valence-corrected chi connectivity index (χ2v) is 2.47. The number of hydrogen-bond acceptors (Lipinski definition) is 2. The lowest BCUT2D eigenvalue weighted by molar-refractivity contribution is 0.321. The molecule has 0 saturated carbocycles. The van der Waals surface area contributed by atoms with Gasteiger partial charge in [0.05, 0.1) is 7.11 Å². The van der Waals surface area contributed by atoms with Gasteiger partial charge in [-0.05, 0) is 25.7 Å². The van der Waals surface area contributed by atoms with E-state index in [9.17, 15) is 0 Å². The smallest absolute Gasteiger partial charge is 0.151 e. The molecule has 0 saturated heterocycles. The molecule has 8 heavy (non-hydrogen) atoms. The number of hydrogen-bond donors (Lipinski definition) is 0. The van der Waals surface area contributed by atoms with Gasteiger partial charge in [0.2, 0.25) is 0 Å². The molecule has 1 nitrogen and oxygen atoms in total. The van der Waals surface area contributed by atoms with Crippen LogP contribution in [0.2, 0.25) is 0 Å². The van der Waals surface area contributed by atoms with Crippen LogP contribution in [-0.2, 0) is 4.74 Å². The van der Waals surface area contributed by atoms with Crippen LogP contribution < -0.4 is 0 Å². The summed E-state index contributed by atoms with van der Waals surface area (Å²) in [5.41, 5.74) is 1.24. The molecule has 2 heteroatoms. The Labute approximate surface area is 55.1 Å². The van der Waals surface area contributed by atoms with Crippen molar-refractivity contribution in [2.75, 3.05) is 13.4 Å². The summed E-state index contributed by atoms with van der Waals surface area (Å²) >= 11 is 1.64. The van der Waals surface area contributed by atoms with Gasteiger partial charge in [0.15, 0.2) is 5.09 Å². The second-order valence-electron chi connectivity index (χ2n) is 1.70. The Bertz CT molecular complexity index is 86.7. The van der Waals surface area contributed by atoms with Crippen LogP contribution in [0, 0.1) is 0 Å². The first-order chi connectivity index (χ1) is 3.72. The summed E-state index contributed by atoms with van der Waals surface area (Å²) in [6, 6.07) is 0. The van der Waals surface area contributed by atoms with Gasteiger partial charge in [-0.15, -0.1) is 0 Å². The fourth-order valence-corrected chi connectivity index (χ4v) is 1.07. The van der Waals surface area contributed by atoms with Crippen molar-refractivity contribution in [3.63, 3.8) is 0 Å². The Hall–Kier alpha value is -0.110. The Balaban J connectivity index is 3.86. The van der Waals surface area contributed by atoms with Gasteiger partial charge in [-0.2, -0.15) is 0 Å². The van der Waals surface area contributed by atoms with Crippen molar-refractivity contribution < 1.29 is 4.74 Å². The zero-order valence-corrected chi connectivity index (χ0v) is 6.63. The number of thioether (sulfide) groups is 1. The molecule has 0 aliphatic carbocycles. The minimum Gasteiger partial charge on any atom is -0.491 e. The third-order valence-electron chi connectivity index (χ3n) is 0.779. The number of allylic oxidation sites excluding steroid dienone is 1. The maximum absolute atomic E-state index is 5.00. The fraction of sp³-hybridized carbons (Fsp3) is 0.667. The molecule has 0 heterocycles. The Morgan fingerprint density at radius 2 is 1.88 bits per heavy atom. The van der Waals surface area contributed by atoms with Gasteiger partial charge in [-0.1, -0.05) is 11.8 Å². The van der Waals surface area contributed by atoms with E-state index in [0.717, 1.165) is 5.09 Å². The third kappa shape index (κ3) is 2.26. The summed E-state index contributed by atoms with van der Waals surface area (Å²) in [5.74, 6) is 0. The monoisotopic (exact) mass is 132 g/mol. The van der Waals surface area contributed by atoms with Crippen LogP contribution in [0.4, 0.5) is 0 Å². The van der Waals surface area contributed by atoms with Gasteiger partial charge in [-0.25, -0.2) is 0 Å². The highest BCUT2D eigenvalue weighted by atomic mass is 32.2. The molecule has 0 aliphatic heterocycles. The average molecular weight is 132 g/mol. The summed E-state index contributed by atoms with van der Waals surface area (Å²) < 4.78 is 5.00. The summed E-state index contributed by atoms with van der Waals surface area (Å²) in [6.07, 6.45) is 2.01. The highest BCUT2D eigenvalue weighted by molar-refractivity contribution is 8.02. The minimum atomic E-state index is 1.02. The quantitative estimate of drug-likeness (QED) is 0.533. The molecule has 0 aromatic heterocycles. The van der Waals surface area contributed by atoms with Crippen molar-refractivity contribution in [1.29, 1.82) is 0 Å². The molecule has 0 fully saturated rings. The summed E-state index contributed by atoms with van der Waals surface area (Å²) in [7, 11) is 1.69. The average Bonchev–Trinajstić information content (AvgIpc) is 1.69. The normalized spacial score (nSPS) is 8.50. The lowest BCUT2D eigenvalue weighted by Gasteiger charge is -2.02. The van der Waals surface area contributed by atoms with Crippen LogP contribution in [-0.4, -0.2) is 13.4 Å². The molecule has 0 radical (unpaired) electrons. The van der Waals surface area contributed by atoms with Crippen molar-refractivity contribution in [3.05, 3.63) is 10.7 Å². The Morgan fingerprint density at radius 1 is 1.38 bits per heavy atom. The largest absolute Gasteiger partial charge is 0.491 e. The molecule has 0 N–H and O–H groups in total. The van der Waals surface area contributed by atoms with E-state index in [2.05, 4.69) is 0 Å². The molecule has 0 rings (SSSR count). The molecule has 0 aromatic rings. The first-order valence-electron chi connectivity index (χ1n) is 2.47. The zero-order valence-electron chi connectivity index (χ0n) is 5.82. The standard InChI is InChI=1S/C6H12OS/c1-5(2)6(7-3)8-4/h1-4H3. The van der Waals surface area contributed by atoms with Gasteiger partial charge in [0.25, 0.3) is 0 Å². The number of methoxy groups -OCH3 is 1. The van der Waals surface area contributed by atoms with Gasteiger partial charge < -0.3 is 4.74 Å². The molecule has 0 amide bonds.